The van der Waals surface area contributed by atoms with Crippen molar-refractivity contribution >= 4 is 28.4 Å². The molecule has 0 radical (unpaired) electrons. The summed E-state index contributed by atoms with van der Waals surface area (Å²) < 4.78 is 3.11. The maximum Gasteiger partial charge on any atom is 0.135 e. The lowest BCUT2D eigenvalue weighted by atomic mass is 10.3. The van der Waals surface area contributed by atoms with E-state index in [0.29, 0.717) is 12.1 Å². The van der Waals surface area contributed by atoms with E-state index in [1.54, 1.807) is 0 Å². The molecule has 0 aromatic carbocycles. The summed E-state index contributed by atoms with van der Waals surface area (Å²) in [6.45, 7) is 8.72. The van der Waals surface area contributed by atoms with Gasteiger partial charge in [0.05, 0.1) is 15.3 Å². The highest BCUT2D eigenvalue weighted by Gasteiger charge is 2.28. The van der Waals surface area contributed by atoms with Gasteiger partial charge in [-0.2, -0.15) is 5.10 Å². The second kappa shape index (κ2) is 4.52. The van der Waals surface area contributed by atoms with Crippen molar-refractivity contribution in [3.05, 3.63) is 9.26 Å². The second-order valence-corrected chi connectivity index (χ2v) is 5.84. The first-order valence-corrected chi connectivity index (χ1v) is 6.82. The van der Waals surface area contributed by atoms with Crippen molar-refractivity contribution in [2.75, 3.05) is 18.8 Å². The van der Waals surface area contributed by atoms with E-state index < -0.39 is 0 Å². The molecule has 4 nitrogen and oxygen atoms in total. The summed E-state index contributed by atoms with van der Waals surface area (Å²) in [5.74, 6) is 0.828. The normalized spacial score (nSPS) is 22.2. The van der Waals surface area contributed by atoms with Crippen molar-refractivity contribution in [1.29, 1.82) is 0 Å². The molecule has 1 aromatic rings. The number of anilines is 1. The van der Waals surface area contributed by atoms with Crippen LogP contribution in [0, 0.1) is 10.5 Å². The number of aryl methyl sites for hydroxylation is 1. The van der Waals surface area contributed by atoms with Crippen molar-refractivity contribution < 1.29 is 0 Å². The summed E-state index contributed by atoms with van der Waals surface area (Å²) in [7, 11) is 0. The van der Waals surface area contributed by atoms with Crippen molar-refractivity contribution in [2.45, 2.75) is 39.3 Å². The van der Waals surface area contributed by atoms with E-state index in [2.05, 4.69) is 46.4 Å². The van der Waals surface area contributed by atoms with Gasteiger partial charge in [0.1, 0.15) is 5.82 Å². The van der Waals surface area contributed by atoms with Crippen LogP contribution in [0.1, 0.15) is 32.0 Å². The first kappa shape index (κ1) is 12.2. The molecule has 0 amide bonds. The van der Waals surface area contributed by atoms with Crippen LogP contribution in [0.5, 0.6) is 0 Å². The number of halogens is 1. The summed E-state index contributed by atoms with van der Waals surface area (Å²) in [4.78, 5) is 2.48. The van der Waals surface area contributed by atoms with E-state index >= 15 is 0 Å². The van der Waals surface area contributed by atoms with Crippen LogP contribution < -0.4 is 5.73 Å². The minimum absolute atomic E-state index is 0.449. The lowest BCUT2D eigenvalue weighted by Gasteiger charge is -2.20. The Hall–Kier alpha value is -0.300. The number of aromatic nitrogens is 2. The molecule has 1 atom stereocenters. The van der Waals surface area contributed by atoms with Gasteiger partial charge in [0.2, 0.25) is 0 Å². The number of nitrogens with zero attached hydrogens (tertiary/aromatic N) is 3. The minimum atomic E-state index is 0.449. The molecular formula is C11H19IN4. The minimum Gasteiger partial charge on any atom is -0.383 e. The molecule has 90 valence electrons. The van der Waals surface area contributed by atoms with Gasteiger partial charge < -0.3 is 5.73 Å². The molecule has 0 saturated carbocycles. The van der Waals surface area contributed by atoms with Crippen LogP contribution in [0.2, 0.25) is 0 Å². The third kappa shape index (κ3) is 2.07. The van der Waals surface area contributed by atoms with Gasteiger partial charge in [-0.25, -0.2) is 4.68 Å². The highest BCUT2D eigenvalue weighted by Crippen LogP contribution is 2.28. The highest BCUT2D eigenvalue weighted by atomic mass is 127. The number of likely N-dealkylation sites (tertiary alicyclic amines) is 1. The summed E-state index contributed by atoms with van der Waals surface area (Å²) in [5.41, 5.74) is 7.12. The fourth-order valence-corrected chi connectivity index (χ4v) is 2.62. The summed E-state index contributed by atoms with van der Waals surface area (Å²) in [6.07, 6.45) is 1.15. The van der Waals surface area contributed by atoms with Crippen molar-refractivity contribution in [3.63, 3.8) is 0 Å². The lowest BCUT2D eigenvalue weighted by molar-refractivity contribution is 0.263. The fraction of sp³-hybridized carbons (Fsp3) is 0.727. The second-order valence-electron chi connectivity index (χ2n) is 4.76. The Bertz CT molecular complexity index is 386. The molecule has 1 unspecified atom stereocenters. The molecule has 0 spiro atoms. The molecule has 16 heavy (non-hydrogen) atoms. The van der Waals surface area contributed by atoms with E-state index in [9.17, 15) is 0 Å². The van der Waals surface area contributed by atoms with Crippen LogP contribution in [-0.2, 0) is 0 Å². The van der Waals surface area contributed by atoms with E-state index in [1.165, 1.54) is 0 Å². The first-order chi connectivity index (χ1) is 7.50. The van der Waals surface area contributed by atoms with Gasteiger partial charge in [-0.1, -0.05) is 0 Å². The lowest BCUT2D eigenvalue weighted by Crippen LogP contribution is -2.29. The Morgan fingerprint density at radius 3 is 2.62 bits per heavy atom. The Morgan fingerprint density at radius 1 is 1.50 bits per heavy atom. The largest absolute Gasteiger partial charge is 0.383 e. The van der Waals surface area contributed by atoms with Gasteiger partial charge in [-0.15, -0.1) is 0 Å². The zero-order chi connectivity index (χ0) is 11.9. The van der Waals surface area contributed by atoms with Crippen molar-refractivity contribution in [3.8, 4) is 0 Å². The fourth-order valence-electron chi connectivity index (χ4n) is 2.26. The van der Waals surface area contributed by atoms with Crippen LogP contribution in [0.25, 0.3) is 0 Å². The maximum absolute atomic E-state index is 6.08. The van der Waals surface area contributed by atoms with Gasteiger partial charge in [0.15, 0.2) is 0 Å². The SMILES string of the molecule is Cc1nn(C2CCN(C(C)C)C2)c(N)c1I. The zero-order valence-electron chi connectivity index (χ0n) is 10.1. The first-order valence-electron chi connectivity index (χ1n) is 5.74. The van der Waals surface area contributed by atoms with E-state index in [4.69, 9.17) is 5.73 Å². The van der Waals surface area contributed by atoms with E-state index in [1.807, 2.05) is 11.6 Å². The van der Waals surface area contributed by atoms with Gasteiger partial charge in [0.25, 0.3) is 0 Å². The zero-order valence-corrected chi connectivity index (χ0v) is 12.2. The average Bonchev–Trinajstić information content (AvgIpc) is 2.79. The van der Waals surface area contributed by atoms with Crippen LogP contribution >= 0.6 is 22.6 Å². The topological polar surface area (TPSA) is 47.1 Å². The van der Waals surface area contributed by atoms with Crippen molar-refractivity contribution in [1.82, 2.24) is 14.7 Å². The molecule has 2 N–H and O–H groups in total. The summed E-state index contributed by atoms with van der Waals surface area (Å²) in [5, 5.41) is 4.54. The van der Waals surface area contributed by atoms with Crippen LogP contribution in [-0.4, -0.2) is 33.8 Å². The van der Waals surface area contributed by atoms with Gasteiger partial charge in [0, 0.05) is 19.1 Å². The molecule has 1 aliphatic rings. The molecule has 2 rings (SSSR count). The predicted octanol–water partition coefficient (Wildman–Crippen LogP) is 2.03. The Kier molecular flexibility index (Phi) is 3.44. The Morgan fingerprint density at radius 2 is 2.19 bits per heavy atom. The molecule has 5 heteroatoms. The number of hydrogen-bond acceptors (Lipinski definition) is 3. The molecule has 0 bridgehead atoms. The molecule has 1 saturated heterocycles. The summed E-state index contributed by atoms with van der Waals surface area (Å²) in [6, 6.07) is 1.06. The number of nitrogen functional groups attached to an aromatic ring is 1. The molecular weight excluding hydrogens is 315 g/mol. The van der Waals surface area contributed by atoms with Gasteiger partial charge in [-0.05, 0) is 49.8 Å². The number of hydrogen-bond donors (Lipinski definition) is 1. The molecule has 1 aliphatic heterocycles. The Balaban J connectivity index is 2.17. The average molecular weight is 334 g/mol. The molecule has 1 aromatic heterocycles. The van der Waals surface area contributed by atoms with Crippen molar-refractivity contribution in [2.24, 2.45) is 0 Å². The highest BCUT2D eigenvalue weighted by molar-refractivity contribution is 14.1. The van der Waals surface area contributed by atoms with Crippen LogP contribution in [0.4, 0.5) is 5.82 Å². The molecule has 0 aliphatic carbocycles. The predicted molar refractivity (Wildman–Crippen MR) is 74.5 cm³/mol. The van der Waals surface area contributed by atoms with E-state index in [-0.39, 0.29) is 0 Å². The third-order valence-corrected chi connectivity index (χ3v) is 4.65. The third-order valence-electron chi connectivity index (χ3n) is 3.32. The standard InChI is InChI=1S/C11H19IN4/c1-7(2)15-5-4-9(6-15)16-11(13)10(12)8(3)14-16/h7,9H,4-6,13H2,1-3H3. The quantitative estimate of drug-likeness (QED) is 0.842. The summed E-state index contributed by atoms with van der Waals surface area (Å²) >= 11 is 2.27. The van der Waals surface area contributed by atoms with E-state index in [0.717, 1.165) is 34.6 Å². The molecule has 1 fully saturated rings. The van der Waals surface area contributed by atoms with Crippen LogP contribution in [0.3, 0.4) is 0 Å². The maximum atomic E-state index is 6.08. The van der Waals surface area contributed by atoms with Gasteiger partial charge >= 0.3 is 0 Å². The number of nitrogens with two attached hydrogens (primary N) is 1. The van der Waals surface area contributed by atoms with Crippen LogP contribution in [0.15, 0.2) is 0 Å². The molecule has 2 heterocycles. The smallest absolute Gasteiger partial charge is 0.135 e. The number of rotatable bonds is 2. The Labute approximate surface area is 110 Å². The monoisotopic (exact) mass is 334 g/mol. The van der Waals surface area contributed by atoms with Gasteiger partial charge in [-0.3, -0.25) is 4.90 Å².